The van der Waals surface area contributed by atoms with Crippen molar-refractivity contribution >= 4 is 6.16 Å². The first-order valence-corrected chi connectivity index (χ1v) is 6.96. The SMILES string of the molecule is Cc1cccc(C(OC(=O)Oc2ccccc2)C(F)(F)C(F)F)c1. The van der Waals surface area contributed by atoms with Crippen molar-refractivity contribution in [3.8, 4) is 5.75 Å². The number of ether oxygens (including phenoxy) is 2. The number of para-hydroxylation sites is 1. The Morgan fingerprint density at radius 1 is 1.04 bits per heavy atom. The summed E-state index contributed by atoms with van der Waals surface area (Å²) < 4.78 is 62.4. The number of rotatable bonds is 5. The molecule has 0 aliphatic carbocycles. The third kappa shape index (κ3) is 4.24. The zero-order chi connectivity index (χ0) is 17.7. The predicted molar refractivity (Wildman–Crippen MR) is 78.4 cm³/mol. The Morgan fingerprint density at radius 3 is 2.29 bits per heavy atom. The van der Waals surface area contributed by atoms with E-state index in [1.807, 2.05) is 0 Å². The van der Waals surface area contributed by atoms with Crippen molar-refractivity contribution in [2.45, 2.75) is 25.4 Å². The Labute approximate surface area is 135 Å². The minimum atomic E-state index is -4.57. The van der Waals surface area contributed by atoms with Gasteiger partial charge >= 0.3 is 18.5 Å². The zero-order valence-electron chi connectivity index (χ0n) is 12.6. The molecule has 3 nitrogen and oxygen atoms in total. The summed E-state index contributed by atoms with van der Waals surface area (Å²) in [5, 5.41) is 0. The molecule has 1 atom stereocenters. The molecule has 0 amide bonds. The molecule has 0 fully saturated rings. The number of hydrogen-bond donors (Lipinski definition) is 0. The molecule has 128 valence electrons. The van der Waals surface area contributed by atoms with Gasteiger partial charge in [-0.25, -0.2) is 13.6 Å². The Balaban J connectivity index is 2.25. The van der Waals surface area contributed by atoms with Crippen LogP contribution in [0.5, 0.6) is 5.75 Å². The topological polar surface area (TPSA) is 35.5 Å². The van der Waals surface area contributed by atoms with E-state index in [-0.39, 0.29) is 11.3 Å². The molecule has 7 heteroatoms. The van der Waals surface area contributed by atoms with Crippen LogP contribution in [0.15, 0.2) is 54.6 Å². The van der Waals surface area contributed by atoms with Crippen LogP contribution in [-0.2, 0) is 4.74 Å². The predicted octanol–water partition coefficient (Wildman–Crippen LogP) is 5.15. The number of carbonyl (C=O) groups is 1. The molecule has 0 bridgehead atoms. The number of carbonyl (C=O) groups excluding carboxylic acids is 1. The fraction of sp³-hybridized carbons (Fsp3) is 0.235. The number of halogens is 4. The molecule has 0 aliphatic heterocycles. The lowest BCUT2D eigenvalue weighted by molar-refractivity contribution is -0.196. The van der Waals surface area contributed by atoms with Gasteiger partial charge < -0.3 is 9.47 Å². The summed E-state index contributed by atoms with van der Waals surface area (Å²) in [5.74, 6) is -4.52. The minimum Gasteiger partial charge on any atom is -0.419 e. The smallest absolute Gasteiger partial charge is 0.419 e. The van der Waals surface area contributed by atoms with Gasteiger partial charge in [0.05, 0.1) is 0 Å². The van der Waals surface area contributed by atoms with Crippen LogP contribution in [0, 0.1) is 6.92 Å². The Morgan fingerprint density at radius 2 is 1.71 bits per heavy atom. The van der Waals surface area contributed by atoms with Gasteiger partial charge in [-0.2, -0.15) is 8.78 Å². The van der Waals surface area contributed by atoms with Crippen molar-refractivity contribution in [1.29, 1.82) is 0 Å². The Kier molecular flexibility index (Phi) is 5.43. The van der Waals surface area contributed by atoms with Gasteiger partial charge in [-0.1, -0.05) is 48.0 Å². The highest BCUT2D eigenvalue weighted by Crippen LogP contribution is 2.39. The molecule has 2 aromatic carbocycles. The summed E-state index contributed by atoms with van der Waals surface area (Å²) >= 11 is 0. The van der Waals surface area contributed by atoms with Crippen LogP contribution >= 0.6 is 0 Å². The molecule has 0 saturated carbocycles. The first-order valence-electron chi connectivity index (χ1n) is 6.96. The number of benzene rings is 2. The van der Waals surface area contributed by atoms with Gasteiger partial charge in [0.1, 0.15) is 5.75 Å². The van der Waals surface area contributed by atoms with E-state index >= 15 is 0 Å². The van der Waals surface area contributed by atoms with Crippen molar-refractivity contribution in [1.82, 2.24) is 0 Å². The van der Waals surface area contributed by atoms with Crippen molar-refractivity contribution in [2.75, 3.05) is 0 Å². The van der Waals surface area contributed by atoms with Gasteiger partial charge in [-0.15, -0.1) is 0 Å². The van der Waals surface area contributed by atoms with Crippen LogP contribution in [0.2, 0.25) is 0 Å². The van der Waals surface area contributed by atoms with Crippen LogP contribution in [0.1, 0.15) is 17.2 Å². The highest BCUT2D eigenvalue weighted by Gasteiger charge is 2.52. The largest absolute Gasteiger partial charge is 0.514 e. The number of hydrogen-bond acceptors (Lipinski definition) is 3. The molecule has 2 rings (SSSR count). The second-order valence-electron chi connectivity index (χ2n) is 5.05. The van der Waals surface area contributed by atoms with Crippen molar-refractivity contribution in [3.05, 3.63) is 65.7 Å². The van der Waals surface area contributed by atoms with Gasteiger partial charge in [0.25, 0.3) is 0 Å². The highest BCUT2D eigenvalue weighted by atomic mass is 19.3. The maximum Gasteiger partial charge on any atom is 0.514 e. The summed E-state index contributed by atoms with van der Waals surface area (Å²) in [6.07, 6.45) is -7.96. The lowest BCUT2D eigenvalue weighted by Gasteiger charge is -2.26. The van der Waals surface area contributed by atoms with Gasteiger partial charge in [-0.05, 0) is 24.6 Å². The third-order valence-electron chi connectivity index (χ3n) is 3.14. The molecule has 0 aliphatic rings. The third-order valence-corrected chi connectivity index (χ3v) is 3.14. The second-order valence-corrected chi connectivity index (χ2v) is 5.05. The van der Waals surface area contributed by atoms with E-state index in [4.69, 9.17) is 4.74 Å². The summed E-state index contributed by atoms with van der Waals surface area (Å²) in [5.41, 5.74) is 0.313. The summed E-state index contributed by atoms with van der Waals surface area (Å²) in [6.45, 7) is 1.60. The molecule has 0 N–H and O–H groups in total. The maximum atomic E-state index is 13.8. The Hall–Kier alpha value is -2.57. The van der Waals surface area contributed by atoms with Gasteiger partial charge in [0.2, 0.25) is 0 Å². The zero-order valence-corrected chi connectivity index (χ0v) is 12.6. The standard InChI is InChI=1S/C17H14F4O3/c1-11-6-5-7-12(10-11)14(17(20,21)15(18)19)24-16(22)23-13-8-3-2-4-9-13/h2-10,14-15H,1H3. The fourth-order valence-electron chi connectivity index (χ4n) is 2.02. The summed E-state index contributed by atoms with van der Waals surface area (Å²) in [7, 11) is 0. The van der Waals surface area contributed by atoms with Crippen molar-refractivity contribution < 1.29 is 31.8 Å². The molecule has 0 spiro atoms. The van der Waals surface area contributed by atoms with Gasteiger partial charge in [-0.3, -0.25) is 0 Å². The van der Waals surface area contributed by atoms with E-state index in [1.165, 1.54) is 30.3 Å². The maximum absolute atomic E-state index is 13.8. The second kappa shape index (κ2) is 7.33. The molecule has 0 aromatic heterocycles. The molecule has 24 heavy (non-hydrogen) atoms. The molecule has 1 unspecified atom stereocenters. The van der Waals surface area contributed by atoms with E-state index in [0.29, 0.717) is 5.56 Å². The fourth-order valence-corrected chi connectivity index (χ4v) is 2.02. The van der Waals surface area contributed by atoms with Crippen LogP contribution in [0.3, 0.4) is 0 Å². The number of aryl methyl sites for hydroxylation is 1. The lowest BCUT2D eigenvalue weighted by Crippen LogP contribution is -2.37. The minimum absolute atomic E-state index is 0.0471. The van der Waals surface area contributed by atoms with Crippen LogP contribution in [0.4, 0.5) is 22.4 Å². The Bertz CT molecular complexity index is 689. The monoisotopic (exact) mass is 342 g/mol. The van der Waals surface area contributed by atoms with Crippen LogP contribution in [0.25, 0.3) is 0 Å². The van der Waals surface area contributed by atoms with E-state index in [0.717, 1.165) is 0 Å². The van der Waals surface area contributed by atoms with E-state index in [1.54, 1.807) is 31.2 Å². The van der Waals surface area contributed by atoms with Gasteiger partial charge in [0, 0.05) is 0 Å². The first kappa shape index (κ1) is 17.8. The van der Waals surface area contributed by atoms with Crippen LogP contribution < -0.4 is 4.74 Å². The number of alkyl halides is 4. The van der Waals surface area contributed by atoms with Crippen LogP contribution in [-0.4, -0.2) is 18.5 Å². The molecule has 0 saturated heterocycles. The van der Waals surface area contributed by atoms with E-state index in [9.17, 15) is 22.4 Å². The first-order chi connectivity index (χ1) is 11.3. The average molecular weight is 342 g/mol. The molecule has 0 radical (unpaired) electrons. The average Bonchev–Trinajstić information content (AvgIpc) is 2.53. The normalized spacial score (nSPS) is 12.8. The molecule has 2 aromatic rings. The van der Waals surface area contributed by atoms with E-state index in [2.05, 4.69) is 4.74 Å². The van der Waals surface area contributed by atoms with Crippen molar-refractivity contribution in [2.24, 2.45) is 0 Å². The van der Waals surface area contributed by atoms with Gasteiger partial charge in [0.15, 0.2) is 6.10 Å². The summed E-state index contributed by atoms with van der Waals surface area (Å²) in [4.78, 5) is 11.7. The van der Waals surface area contributed by atoms with Crippen molar-refractivity contribution in [3.63, 3.8) is 0 Å². The quantitative estimate of drug-likeness (QED) is 0.428. The molecular weight excluding hydrogens is 328 g/mol. The lowest BCUT2D eigenvalue weighted by atomic mass is 10.0. The molecular formula is C17H14F4O3. The van der Waals surface area contributed by atoms with E-state index < -0.39 is 24.6 Å². The molecule has 0 heterocycles. The highest BCUT2D eigenvalue weighted by molar-refractivity contribution is 5.64. The summed E-state index contributed by atoms with van der Waals surface area (Å²) in [6, 6.07) is 13.0.